The normalized spacial score (nSPS) is 10.6. The summed E-state index contributed by atoms with van der Waals surface area (Å²) in [6.45, 7) is 4.58. The first kappa shape index (κ1) is 24.1. The molecule has 130 valence electrons. The van der Waals surface area contributed by atoms with Gasteiger partial charge >= 0.3 is 0 Å². The Morgan fingerprint density at radius 2 is 0.571 bits per heavy atom. The van der Waals surface area contributed by atoms with Crippen molar-refractivity contribution in [3.8, 4) is 0 Å². The van der Waals surface area contributed by atoms with Gasteiger partial charge in [0.05, 0.1) is 0 Å². The SMILES string of the molecule is CCCCCCCCCCCCCCCCC.ClC(Cl)Cl. The van der Waals surface area contributed by atoms with Crippen molar-refractivity contribution in [3.05, 3.63) is 0 Å². The standard InChI is InChI=1S/C17H36.CHCl3/c1-3-5-7-9-11-13-15-17-16-14-12-10-8-6-4-2;2-1(3)4/h3-17H2,1-2H3;1H. The van der Waals surface area contributed by atoms with E-state index in [0.717, 1.165) is 0 Å². The van der Waals surface area contributed by atoms with Gasteiger partial charge in [0.25, 0.3) is 0 Å². The third-order valence-corrected chi connectivity index (χ3v) is 3.71. The molecule has 0 spiro atoms. The smallest absolute Gasteiger partial charge is 0.0874 e. The molecule has 0 rings (SSSR count). The minimum absolute atomic E-state index is 0.750. The van der Waals surface area contributed by atoms with Gasteiger partial charge in [0.15, 0.2) is 4.30 Å². The number of hydrogen-bond donors (Lipinski definition) is 0. The first-order chi connectivity index (χ1) is 10.1. The molecule has 0 nitrogen and oxygen atoms in total. The summed E-state index contributed by atoms with van der Waals surface area (Å²) in [5.41, 5.74) is 0. The summed E-state index contributed by atoms with van der Waals surface area (Å²) in [5.74, 6) is 0. The predicted octanol–water partition coefficient (Wildman–Crippen LogP) is 8.86. The Hall–Kier alpha value is 0.870. The van der Waals surface area contributed by atoms with Crippen molar-refractivity contribution < 1.29 is 0 Å². The molecule has 0 saturated carbocycles. The van der Waals surface area contributed by atoms with E-state index in [4.69, 9.17) is 34.8 Å². The van der Waals surface area contributed by atoms with Crippen molar-refractivity contribution in [2.24, 2.45) is 0 Å². The summed E-state index contributed by atoms with van der Waals surface area (Å²) in [4.78, 5) is 0. The lowest BCUT2D eigenvalue weighted by molar-refractivity contribution is 0.534. The summed E-state index contributed by atoms with van der Waals surface area (Å²) < 4.78 is -0.750. The van der Waals surface area contributed by atoms with Crippen LogP contribution in [0.4, 0.5) is 0 Å². The average molecular weight is 360 g/mol. The van der Waals surface area contributed by atoms with E-state index >= 15 is 0 Å². The molecule has 0 radical (unpaired) electrons. The fourth-order valence-corrected chi connectivity index (χ4v) is 2.44. The molecule has 0 aromatic carbocycles. The highest BCUT2D eigenvalue weighted by Crippen LogP contribution is 2.13. The molecule has 0 saturated heterocycles. The van der Waals surface area contributed by atoms with E-state index in [2.05, 4.69) is 13.8 Å². The van der Waals surface area contributed by atoms with Crippen molar-refractivity contribution in [1.82, 2.24) is 0 Å². The van der Waals surface area contributed by atoms with E-state index < -0.39 is 4.30 Å². The summed E-state index contributed by atoms with van der Waals surface area (Å²) >= 11 is 14.4. The molecule has 0 aromatic heterocycles. The largest absolute Gasteiger partial charge is 0.180 e. The number of halogens is 3. The molecule has 0 amide bonds. The molecule has 0 aliphatic rings. The molecule has 0 bridgehead atoms. The maximum atomic E-state index is 4.81. The minimum Gasteiger partial charge on any atom is -0.0874 e. The lowest BCUT2D eigenvalue weighted by Gasteiger charge is -2.02. The van der Waals surface area contributed by atoms with Crippen LogP contribution in [0.15, 0.2) is 0 Å². The number of hydrogen-bond acceptors (Lipinski definition) is 0. The lowest BCUT2D eigenvalue weighted by Crippen LogP contribution is -1.82. The van der Waals surface area contributed by atoms with Crippen LogP contribution >= 0.6 is 34.8 Å². The van der Waals surface area contributed by atoms with E-state index in [0.29, 0.717) is 0 Å². The zero-order chi connectivity index (χ0) is 16.2. The first-order valence-electron chi connectivity index (χ1n) is 9.07. The van der Waals surface area contributed by atoms with Crippen LogP contribution in [0.3, 0.4) is 0 Å². The highest BCUT2D eigenvalue weighted by atomic mass is 35.6. The molecule has 0 aromatic rings. The van der Waals surface area contributed by atoms with E-state index in [1.807, 2.05) is 0 Å². The van der Waals surface area contributed by atoms with Crippen LogP contribution < -0.4 is 0 Å². The van der Waals surface area contributed by atoms with Gasteiger partial charge in [-0.2, -0.15) is 0 Å². The van der Waals surface area contributed by atoms with E-state index in [1.165, 1.54) is 96.3 Å². The third-order valence-electron chi connectivity index (χ3n) is 3.71. The number of alkyl halides is 3. The third kappa shape index (κ3) is 33.6. The maximum Gasteiger partial charge on any atom is 0.180 e. The first-order valence-corrected chi connectivity index (χ1v) is 10.4. The maximum absolute atomic E-state index is 4.81. The van der Waals surface area contributed by atoms with Gasteiger partial charge in [-0.25, -0.2) is 0 Å². The van der Waals surface area contributed by atoms with Gasteiger partial charge < -0.3 is 0 Å². The van der Waals surface area contributed by atoms with Crippen molar-refractivity contribution >= 4 is 34.8 Å². The van der Waals surface area contributed by atoms with Crippen molar-refractivity contribution in [3.63, 3.8) is 0 Å². The van der Waals surface area contributed by atoms with Crippen LogP contribution in [0.25, 0.3) is 0 Å². The van der Waals surface area contributed by atoms with Crippen molar-refractivity contribution in [1.29, 1.82) is 0 Å². The molecular weight excluding hydrogens is 323 g/mol. The van der Waals surface area contributed by atoms with Gasteiger partial charge in [0.1, 0.15) is 0 Å². The fraction of sp³-hybridized carbons (Fsp3) is 1.00. The predicted molar refractivity (Wildman–Crippen MR) is 102 cm³/mol. The van der Waals surface area contributed by atoms with Gasteiger partial charge in [-0.15, -0.1) is 0 Å². The molecule has 21 heavy (non-hydrogen) atoms. The Labute approximate surface area is 149 Å². The summed E-state index contributed by atoms with van der Waals surface area (Å²) in [6.07, 6.45) is 21.9. The highest BCUT2D eigenvalue weighted by Gasteiger charge is 1.93. The molecule has 0 unspecified atom stereocenters. The molecule has 0 fully saturated rings. The second-order valence-corrected chi connectivity index (χ2v) is 7.82. The summed E-state index contributed by atoms with van der Waals surface area (Å²) in [7, 11) is 0. The van der Waals surface area contributed by atoms with Crippen LogP contribution in [0.5, 0.6) is 0 Å². The second kappa shape index (κ2) is 23.1. The molecule has 0 aliphatic carbocycles. The fourth-order valence-electron chi connectivity index (χ4n) is 2.44. The topological polar surface area (TPSA) is 0 Å². The van der Waals surface area contributed by atoms with Crippen LogP contribution in [-0.4, -0.2) is 4.30 Å². The minimum atomic E-state index is -0.750. The van der Waals surface area contributed by atoms with Gasteiger partial charge in [-0.3, -0.25) is 0 Å². The Balaban J connectivity index is 0. The number of rotatable bonds is 14. The Morgan fingerprint density at radius 3 is 0.714 bits per heavy atom. The molecule has 0 atom stereocenters. The Bertz CT molecular complexity index is 144. The molecule has 3 heteroatoms. The molecule has 0 aliphatic heterocycles. The van der Waals surface area contributed by atoms with Gasteiger partial charge in [-0.05, 0) is 0 Å². The van der Waals surface area contributed by atoms with Gasteiger partial charge in [0.2, 0.25) is 0 Å². The molecule has 0 N–H and O–H groups in total. The highest BCUT2D eigenvalue weighted by molar-refractivity contribution is 6.63. The monoisotopic (exact) mass is 358 g/mol. The number of unbranched alkanes of at least 4 members (excludes halogenated alkanes) is 14. The van der Waals surface area contributed by atoms with Crippen LogP contribution in [0.2, 0.25) is 0 Å². The van der Waals surface area contributed by atoms with Crippen LogP contribution in [0.1, 0.15) is 110 Å². The molecule has 0 heterocycles. The zero-order valence-corrected chi connectivity index (χ0v) is 16.6. The van der Waals surface area contributed by atoms with Crippen molar-refractivity contribution in [2.45, 2.75) is 114 Å². The quantitative estimate of drug-likeness (QED) is 0.214. The van der Waals surface area contributed by atoms with E-state index in [9.17, 15) is 0 Å². The Morgan fingerprint density at radius 1 is 0.429 bits per heavy atom. The van der Waals surface area contributed by atoms with E-state index in [1.54, 1.807) is 0 Å². The van der Waals surface area contributed by atoms with Crippen LogP contribution in [0, 0.1) is 0 Å². The van der Waals surface area contributed by atoms with Crippen molar-refractivity contribution in [2.75, 3.05) is 0 Å². The second-order valence-electron chi connectivity index (χ2n) is 5.84. The molecular formula is C18H37Cl3. The van der Waals surface area contributed by atoms with Crippen LogP contribution in [-0.2, 0) is 0 Å². The van der Waals surface area contributed by atoms with Gasteiger partial charge in [0, 0.05) is 0 Å². The Kier molecular flexibility index (Phi) is 26.6. The summed E-state index contributed by atoms with van der Waals surface area (Å²) in [5, 5.41) is 0. The van der Waals surface area contributed by atoms with E-state index in [-0.39, 0.29) is 0 Å². The zero-order valence-electron chi connectivity index (χ0n) is 14.3. The lowest BCUT2D eigenvalue weighted by atomic mass is 10.0. The average Bonchev–Trinajstić information content (AvgIpc) is 2.43. The summed E-state index contributed by atoms with van der Waals surface area (Å²) in [6, 6.07) is 0. The van der Waals surface area contributed by atoms with Gasteiger partial charge in [-0.1, -0.05) is 145 Å².